The average molecular weight is 456 g/mol. The summed E-state index contributed by atoms with van der Waals surface area (Å²) >= 11 is 8.47. The molecule has 10 heteroatoms. The van der Waals surface area contributed by atoms with Crippen molar-refractivity contribution in [2.24, 2.45) is 0 Å². The van der Waals surface area contributed by atoms with Crippen molar-refractivity contribution in [3.8, 4) is 0 Å². The number of carboxylic acids is 1. The molecule has 0 unspecified atom stereocenters. The van der Waals surface area contributed by atoms with Crippen LogP contribution in [0.1, 0.15) is 25.1 Å². The number of carbonyl (C=O) groups is 1. The summed E-state index contributed by atoms with van der Waals surface area (Å²) in [6, 6.07) is 4.49. The Hall–Kier alpha value is -2.23. The van der Waals surface area contributed by atoms with Crippen LogP contribution in [0.3, 0.4) is 0 Å². The Morgan fingerprint density at radius 3 is 2.83 bits per heavy atom. The van der Waals surface area contributed by atoms with Gasteiger partial charge in [0.25, 0.3) is 0 Å². The minimum Gasteiger partial charge on any atom is -0.480 e. The Kier molecular flexibility index (Phi) is 6.71. The number of thioether (sulfide) groups is 1. The summed E-state index contributed by atoms with van der Waals surface area (Å²) in [6.07, 6.45) is 4.16. The number of nitrogens with one attached hydrogen (secondary N) is 2. The van der Waals surface area contributed by atoms with Gasteiger partial charge >= 0.3 is 5.97 Å². The number of thiazole rings is 1. The van der Waals surface area contributed by atoms with E-state index in [2.05, 4.69) is 15.8 Å². The van der Waals surface area contributed by atoms with Crippen molar-refractivity contribution in [1.29, 1.82) is 0 Å². The van der Waals surface area contributed by atoms with E-state index < -0.39 is 16.5 Å². The van der Waals surface area contributed by atoms with Crippen molar-refractivity contribution in [2.75, 3.05) is 6.61 Å². The highest BCUT2D eigenvalue weighted by Crippen LogP contribution is 2.34. The van der Waals surface area contributed by atoms with Crippen LogP contribution in [0.15, 0.2) is 46.0 Å². The number of hydrazine groups is 1. The summed E-state index contributed by atoms with van der Waals surface area (Å²) in [5, 5.41) is 11.2. The maximum absolute atomic E-state index is 13.3. The normalized spacial score (nSPS) is 13.8. The van der Waals surface area contributed by atoms with Crippen LogP contribution < -0.4 is 10.9 Å². The van der Waals surface area contributed by atoms with Gasteiger partial charge in [-0.3, -0.25) is 15.6 Å². The summed E-state index contributed by atoms with van der Waals surface area (Å²) in [7, 11) is 0. The molecule has 0 bridgehead atoms. The van der Waals surface area contributed by atoms with Crippen LogP contribution in [0.4, 0.5) is 4.39 Å². The Bertz CT molecular complexity index is 975. The van der Waals surface area contributed by atoms with Gasteiger partial charge in [0.05, 0.1) is 23.0 Å². The SMILES string of the molecule is CC(C)(Sc1nc(CCOC2=CC=C(c3ccc(F)c(Cl)c3)NN2)cs1)C(=O)O. The highest BCUT2D eigenvalue weighted by molar-refractivity contribution is 8.02. The van der Waals surface area contributed by atoms with Gasteiger partial charge in [-0.1, -0.05) is 23.4 Å². The van der Waals surface area contributed by atoms with Gasteiger partial charge in [-0.25, -0.2) is 9.37 Å². The molecule has 0 spiro atoms. The molecule has 0 saturated carbocycles. The van der Waals surface area contributed by atoms with Gasteiger partial charge < -0.3 is 9.84 Å². The molecule has 2 aromatic rings. The summed E-state index contributed by atoms with van der Waals surface area (Å²) in [4.78, 5) is 15.7. The maximum Gasteiger partial charge on any atom is 0.319 e. The molecule has 1 aromatic heterocycles. The number of benzene rings is 1. The second kappa shape index (κ2) is 9.06. The molecule has 29 heavy (non-hydrogen) atoms. The smallest absolute Gasteiger partial charge is 0.319 e. The molecule has 154 valence electrons. The van der Waals surface area contributed by atoms with Gasteiger partial charge in [-0.2, -0.15) is 0 Å². The molecule has 0 aliphatic carbocycles. The first-order chi connectivity index (χ1) is 13.7. The van der Waals surface area contributed by atoms with E-state index in [9.17, 15) is 14.3 Å². The second-order valence-corrected chi connectivity index (χ2v) is 9.75. The Labute approximate surface area is 180 Å². The van der Waals surface area contributed by atoms with Crippen LogP contribution in [0.5, 0.6) is 0 Å². The number of aromatic nitrogens is 1. The highest BCUT2D eigenvalue weighted by Gasteiger charge is 2.29. The molecule has 1 aromatic carbocycles. The summed E-state index contributed by atoms with van der Waals surface area (Å²) in [5.41, 5.74) is 8.25. The molecule has 2 heterocycles. The number of aliphatic carboxylic acids is 1. The van der Waals surface area contributed by atoms with Crippen LogP contribution >= 0.6 is 34.7 Å². The average Bonchev–Trinajstić information content (AvgIpc) is 3.11. The second-order valence-electron chi connectivity index (χ2n) is 6.61. The number of hydrogen-bond acceptors (Lipinski definition) is 7. The van der Waals surface area contributed by atoms with Gasteiger partial charge in [0.1, 0.15) is 10.6 Å². The van der Waals surface area contributed by atoms with Crippen molar-refractivity contribution in [1.82, 2.24) is 15.8 Å². The topological polar surface area (TPSA) is 83.5 Å². The minimum absolute atomic E-state index is 0.0590. The summed E-state index contributed by atoms with van der Waals surface area (Å²) in [5.74, 6) is -0.797. The molecule has 3 N–H and O–H groups in total. The number of nitrogens with zero attached hydrogens (tertiary/aromatic N) is 1. The van der Waals surface area contributed by atoms with Crippen molar-refractivity contribution >= 4 is 46.4 Å². The Morgan fingerprint density at radius 2 is 2.17 bits per heavy atom. The Balaban J connectivity index is 1.51. The van der Waals surface area contributed by atoms with Crippen LogP contribution in [0.2, 0.25) is 5.02 Å². The lowest BCUT2D eigenvalue weighted by Gasteiger charge is -2.20. The van der Waals surface area contributed by atoms with Gasteiger partial charge in [0.2, 0.25) is 5.88 Å². The summed E-state index contributed by atoms with van der Waals surface area (Å²) in [6.45, 7) is 3.71. The first-order valence-electron chi connectivity index (χ1n) is 8.63. The third-order valence-corrected chi connectivity index (χ3v) is 6.42. The first-order valence-corrected chi connectivity index (χ1v) is 10.7. The lowest BCUT2D eigenvalue weighted by molar-refractivity contribution is -0.138. The van der Waals surface area contributed by atoms with E-state index in [1.807, 2.05) is 5.38 Å². The fourth-order valence-electron chi connectivity index (χ4n) is 2.27. The van der Waals surface area contributed by atoms with Crippen molar-refractivity contribution in [3.63, 3.8) is 0 Å². The quantitative estimate of drug-likeness (QED) is 0.507. The lowest BCUT2D eigenvalue weighted by Crippen LogP contribution is -2.33. The van der Waals surface area contributed by atoms with Crippen LogP contribution in [0.25, 0.3) is 5.70 Å². The number of ether oxygens (including phenoxy) is 1. The fraction of sp³-hybridized carbons (Fsp3) is 0.263. The van der Waals surface area contributed by atoms with Gasteiger partial charge in [0.15, 0.2) is 4.34 Å². The molecular formula is C19H19ClFN3O3S2. The molecule has 0 atom stereocenters. The van der Waals surface area contributed by atoms with E-state index >= 15 is 0 Å². The van der Waals surface area contributed by atoms with E-state index in [1.165, 1.54) is 29.2 Å². The van der Waals surface area contributed by atoms with Crippen LogP contribution in [-0.4, -0.2) is 27.4 Å². The van der Waals surface area contributed by atoms with Gasteiger partial charge in [-0.15, -0.1) is 11.3 Å². The van der Waals surface area contributed by atoms with E-state index in [-0.39, 0.29) is 5.02 Å². The number of carboxylic acid groups (broad SMARTS) is 1. The number of hydrogen-bond donors (Lipinski definition) is 3. The monoisotopic (exact) mass is 455 g/mol. The standard InChI is InChI=1S/C19H19ClFN3O3S2/c1-19(2,17(25)26)29-18-22-12(10-28-18)7-8-27-16-6-5-15(23-24-16)11-3-4-14(21)13(20)9-11/h3-6,9-10,23-24H,7-8H2,1-2H3,(H,25,26). The van der Waals surface area contributed by atoms with Crippen LogP contribution in [0, 0.1) is 5.82 Å². The third-order valence-electron chi connectivity index (χ3n) is 3.96. The summed E-state index contributed by atoms with van der Waals surface area (Å²) < 4.78 is 18.8. The molecular weight excluding hydrogens is 437 g/mol. The van der Waals surface area contributed by atoms with Gasteiger partial charge in [-0.05, 0) is 38.1 Å². The van der Waals surface area contributed by atoms with Crippen molar-refractivity contribution < 1.29 is 19.0 Å². The molecule has 6 nitrogen and oxygen atoms in total. The fourth-order valence-corrected chi connectivity index (χ4v) is 4.67. The number of rotatable bonds is 8. The van der Waals surface area contributed by atoms with Gasteiger partial charge in [0, 0.05) is 23.4 Å². The molecule has 0 amide bonds. The highest BCUT2D eigenvalue weighted by atomic mass is 35.5. The van der Waals surface area contributed by atoms with E-state index in [0.717, 1.165) is 21.3 Å². The molecule has 0 fully saturated rings. The zero-order valence-electron chi connectivity index (χ0n) is 15.7. The van der Waals surface area contributed by atoms with E-state index in [4.69, 9.17) is 16.3 Å². The van der Waals surface area contributed by atoms with E-state index in [0.29, 0.717) is 18.9 Å². The molecule has 1 aliphatic heterocycles. The lowest BCUT2D eigenvalue weighted by atomic mass is 10.1. The molecule has 0 saturated heterocycles. The number of allylic oxidation sites excluding steroid dienone is 2. The van der Waals surface area contributed by atoms with Crippen LogP contribution in [-0.2, 0) is 16.0 Å². The third kappa shape index (κ3) is 5.65. The molecule has 1 aliphatic rings. The zero-order valence-corrected chi connectivity index (χ0v) is 18.1. The number of halogens is 2. The zero-order chi connectivity index (χ0) is 21.0. The van der Waals surface area contributed by atoms with E-state index in [1.54, 1.807) is 38.1 Å². The van der Waals surface area contributed by atoms with Crippen molar-refractivity contribution in [3.05, 3.63) is 63.7 Å². The predicted molar refractivity (Wildman–Crippen MR) is 113 cm³/mol. The maximum atomic E-state index is 13.3. The largest absolute Gasteiger partial charge is 0.480 e. The molecule has 3 rings (SSSR count). The predicted octanol–water partition coefficient (Wildman–Crippen LogP) is 4.44. The first kappa shape index (κ1) is 21.5. The minimum atomic E-state index is -0.924. The molecule has 0 radical (unpaired) electrons. The Morgan fingerprint density at radius 1 is 1.38 bits per heavy atom. The van der Waals surface area contributed by atoms with Crippen molar-refractivity contribution in [2.45, 2.75) is 29.4 Å².